The molecule has 2 aliphatic rings. The Balaban J connectivity index is 1.78. The summed E-state index contributed by atoms with van der Waals surface area (Å²) in [5.74, 6) is 1.46. The highest BCUT2D eigenvalue weighted by Crippen LogP contribution is 2.25. The first-order valence-corrected chi connectivity index (χ1v) is 7.68. The molecule has 8 heteroatoms. The van der Waals surface area contributed by atoms with Crippen LogP contribution in [0, 0.1) is 5.92 Å². The number of anilines is 2. The zero-order valence-electron chi connectivity index (χ0n) is 12.1. The monoisotopic (exact) mass is 313 g/mol. The number of ether oxygens (including phenoxy) is 1. The van der Waals surface area contributed by atoms with Crippen LogP contribution in [0.1, 0.15) is 13.3 Å². The van der Waals surface area contributed by atoms with E-state index in [4.69, 9.17) is 16.3 Å². The van der Waals surface area contributed by atoms with Gasteiger partial charge in [-0.1, -0.05) is 0 Å². The average Bonchev–Trinajstić information content (AvgIpc) is 2.98. The fourth-order valence-corrected chi connectivity index (χ4v) is 2.89. The van der Waals surface area contributed by atoms with Crippen molar-refractivity contribution in [2.75, 3.05) is 49.2 Å². The minimum absolute atomic E-state index is 0.210. The van der Waals surface area contributed by atoms with E-state index in [2.05, 4.69) is 24.8 Å². The molecule has 116 valence electrons. The fourth-order valence-electron chi connectivity index (χ4n) is 2.74. The van der Waals surface area contributed by atoms with Crippen molar-refractivity contribution in [1.82, 2.24) is 15.0 Å². The van der Waals surface area contributed by atoms with Gasteiger partial charge in [-0.05, 0) is 24.9 Å². The van der Waals surface area contributed by atoms with Crippen LogP contribution in [-0.2, 0) is 4.74 Å². The molecule has 0 aromatic carbocycles. The van der Waals surface area contributed by atoms with Crippen LogP contribution in [0.2, 0.25) is 5.28 Å². The second kappa shape index (κ2) is 6.29. The highest BCUT2D eigenvalue weighted by atomic mass is 35.5. The molecule has 3 heterocycles. The Hall–Kier alpha value is -1.18. The Kier molecular flexibility index (Phi) is 4.42. The Bertz CT molecular complexity index is 495. The predicted octanol–water partition coefficient (Wildman–Crippen LogP) is 0.569. The molecular formula is C13H20ClN5O2. The van der Waals surface area contributed by atoms with Gasteiger partial charge in [-0.25, -0.2) is 0 Å². The summed E-state index contributed by atoms with van der Waals surface area (Å²) < 4.78 is 5.34. The summed E-state index contributed by atoms with van der Waals surface area (Å²) in [5.41, 5.74) is 0. The van der Waals surface area contributed by atoms with Gasteiger partial charge in [0.25, 0.3) is 0 Å². The molecule has 0 bridgehead atoms. The molecule has 1 N–H and O–H groups in total. The normalized spacial score (nSPS) is 24.4. The van der Waals surface area contributed by atoms with E-state index in [1.165, 1.54) is 0 Å². The molecular weight excluding hydrogens is 294 g/mol. The molecule has 3 rings (SSSR count). The number of morpholine rings is 1. The van der Waals surface area contributed by atoms with Gasteiger partial charge in [0.15, 0.2) is 0 Å². The van der Waals surface area contributed by atoms with Gasteiger partial charge in [0, 0.05) is 32.1 Å². The van der Waals surface area contributed by atoms with E-state index < -0.39 is 0 Å². The summed E-state index contributed by atoms with van der Waals surface area (Å²) in [6.45, 7) is 6.28. The van der Waals surface area contributed by atoms with Gasteiger partial charge in [-0.15, -0.1) is 0 Å². The number of rotatable bonds is 3. The third-order valence-electron chi connectivity index (χ3n) is 4.07. The lowest BCUT2D eigenvalue weighted by Crippen LogP contribution is -2.38. The van der Waals surface area contributed by atoms with Crippen LogP contribution < -0.4 is 9.80 Å². The molecule has 2 unspecified atom stereocenters. The van der Waals surface area contributed by atoms with E-state index in [-0.39, 0.29) is 17.3 Å². The van der Waals surface area contributed by atoms with Gasteiger partial charge >= 0.3 is 0 Å². The molecule has 21 heavy (non-hydrogen) atoms. The molecule has 0 spiro atoms. The first-order chi connectivity index (χ1) is 10.1. The van der Waals surface area contributed by atoms with E-state index in [1.54, 1.807) is 0 Å². The van der Waals surface area contributed by atoms with Crippen LogP contribution in [-0.4, -0.2) is 65.6 Å². The molecule has 2 saturated heterocycles. The molecule has 0 radical (unpaired) electrons. The highest BCUT2D eigenvalue weighted by Gasteiger charge is 2.28. The summed E-state index contributed by atoms with van der Waals surface area (Å²) in [6, 6.07) is 0. The summed E-state index contributed by atoms with van der Waals surface area (Å²) in [6.07, 6.45) is 0.624. The average molecular weight is 314 g/mol. The first kappa shape index (κ1) is 14.7. The third-order valence-corrected chi connectivity index (χ3v) is 4.24. The maximum atomic E-state index is 9.70. The number of aliphatic hydroxyl groups excluding tert-OH is 1. The smallest absolute Gasteiger partial charge is 0.231 e. The summed E-state index contributed by atoms with van der Waals surface area (Å²) in [5, 5.41) is 9.91. The fraction of sp³-hybridized carbons (Fsp3) is 0.769. The van der Waals surface area contributed by atoms with Crippen molar-refractivity contribution in [1.29, 1.82) is 0 Å². The minimum Gasteiger partial charge on any atom is -0.393 e. The number of hydrogen-bond acceptors (Lipinski definition) is 7. The summed E-state index contributed by atoms with van der Waals surface area (Å²) in [7, 11) is 0. The van der Waals surface area contributed by atoms with Crippen LogP contribution in [0.5, 0.6) is 0 Å². The molecule has 7 nitrogen and oxygen atoms in total. The van der Waals surface area contributed by atoms with Gasteiger partial charge < -0.3 is 19.6 Å². The van der Waals surface area contributed by atoms with Gasteiger partial charge in [0.1, 0.15) is 0 Å². The topological polar surface area (TPSA) is 74.6 Å². The lowest BCUT2D eigenvalue weighted by atomic mass is 10.0. The molecule has 0 saturated carbocycles. The van der Waals surface area contributed by atoms with Crippen LogP contribution in [0.4, 0.5) is 11.9 Å². The van der Waals surface area contributed by atoms with Crippen molar-refractivity contribution < 1.29 is 9.84 Å². The van der Waals surface area contributed by atoms with E-state index >= 15 is 0 Å². The van der Waals surface area contributed by atoms with Crippen LogP contribution >= 0.6 is 11.6 Å². The van der Waals surface area contributed by atoms with Gasteiger partial charge in [0.2, 0.25) is 17.2 Å². The van der Waals surface area contributed by atoms with Crippen molar-refractivity contribution >= 4 is 23.5 Å². The van der Waals surface area contributed by atoms with E-state index in [0.29, 0.717) is 25.1 Å². The summed E-state index contributed by atoms with van der Waals surface area (Å²) >= 11 is 6.05. The lowest BCUT2D eigenvalue weighted by Gasteiger charge is -2.27. The molecule has 0 aliphatic carbocycles. The lowest BCUT2D eigenvalue weighted by molar-refractivity contribution is 0.122. The number of halogens is 1. The molecule has 1 aromatic heterocycles. The number of aromatic nitrogens is 3. The Morgan fingerprint density at radius 3 is 2.43 bits per heavy atom. The van der Waals surface area contributed by atoms with Gasteiger partial charge in [-0.3, -0.25) is 0 Å². The Morgan fingerprint density at radius 2 is 1.81 bits per heavy atom. The van der Waals surface area contributed by atoms with E-state index in [9.17, 15) is 5.11 Å². The highest BCUT2D eigenvalue weighted by molar-refractivity contribution is 6.28. The molecule has 2 atom stereocenters. The van der Waals surface area contributed by atoms with E-state index in [0.717, 1.165) is 32.6 Å². The minimum atomic E-state index is -0.314. The van der Waals surface area contributed by atoms with Gasteiger partial charge in [-0.2, -0.15) is 15.0 Å². The second-order valence-corrected chi connectivity index (χ2v) is 5.88. The van der Waals surface area contributed by atoms with Crippen molar-refractivity contribution in [2.24, 2.45) is 5.92 Å². The van der Waals surface area contributed by atoms with Crippen molar-refractivity contribution in [3.8, 4) is 0 Å². The quantitative estimate of drug-likeness (QED) is 0.874. The second-order valence-electron chi connectivity index (χ2n) is 5.54. The predicted molar refractivity (Wildman–Crippen MR) is 79.9 cm³/mol. The first-order valence-electron chi connectivity index (χ1n) is 7.31. The largest absolute Gasteiger partial charge is 0.393 e. The maximum absolute atomic E-state index is 9.70. The SMILES string of the molecule is CC(O)C1CCN(c2nc(Cl)nc(N3CCOCC3)n2)C1. The number of hydrogen-bond donors (Lipinski definition) is 1. The standard InChI is InChI=1S/C13H20ClN5O2/c1-9(20)10-2-3-19(8-10)13-16-11(14)15-12(17-13)18-4-6-21-7-5-18/h9-10,20H,2-8H2,1H3. The zero-order chi connectivity index (χ0) is 14.8. The Labute approximate surface area is 128 Å². The van der Waals surface area contributed by atoms with Crippen molar-refractivity contribution in [2.45, 2.75) is 19.4 Å². The van der Waals surface area contributed by atoms with Crippen LogP contribution in [0.25, 0.3) is 0 Å². The van der Waals surface area contributed by atoms with Crippen molar-refractivity contribution in [3.63, 3.8) is 0 Å². The maximum Gasteiger partial charge on any atom is 0.231 e. The molecule has 1 aromatic rings. The third kappa shape index (κ3) is 3.36. The van der Waals surface area contributed by atoms with Gasteiger partial charge in [0.05, 0.1) is 19.3 Å². The summed E-state index contributed by atoms with van der Waals surface area (Å²) in [4.78, 5) is 17.1. The molecule has 0 amide bonds. The Morgan fingerprint density at radius 1 is 1.14 bits per heavy atom. The molecule has 2 fully saturated rings. The number of aliphatic hydroxyl groups is 1. The van der Waals surface area contributed by atoms with Crippen molar-refractivity contribution in [3.05, 3.63) is 5.28 Å². The zero-order valence-corrected chi connectivity index (χ0v) is 12.8. The van der Waals surface area contributed by atoms with Crippen LogP contribution in [0.15, 0.2) is 0 Å². The molecule has 2 aliphatic heterocycles. The van der Waals surface area contributed by atoms with E-state index in [1.807, 2.05) is 6.92 Å². The number of nitrogens with zero attached hydrogens (tertiary/aromatic N) is 5. The van der Waals surface area contributed by atoms with Crippen LogP contribution in [0.3, 0.4) is 0 Å².